The highest BCUT2D eigenvalue weighted by Crippen LogP contribution is 2.34. The lowest BCUT2D eigenvalue weighted by Gasteiger charge is -2.41. The number of methoxy groups -OCH3 is 1. The van der Waals surface area contributed by atoms with Crippen molar-refractivity contribution in [3.05, 3.63) is 48.0 Å². The van der Waals surface area contributed by atoms with E-state index in [0.29, 0.717) is 24.9 Å². The van der Waals surface area contributed by atoms with Crippen molar-refractivity contribution in [3.63, 3.8) is 0 Å². The van der Waals surface area contributed by atoms with Gasteiger partial charge in [0.15, 0.2) is 6.29 Å². The number of rotatable bonds is 7. The lowest BCUT2D eigenvalue weighted by Crippen LogP contribution is -2.43. The van der Waals surface area contributed by atoms with Crippen LogP contribution < -0.4 is 0 Å². The molecule has 0 aliphatic carbocycles. The Morgan fingerprint density at radius 3 is 2.37 bits per heavy atom. The van der Waals surface area contributed by atoms with Gasteiger partial charge in [-0.2, -0.15) is 0 Å². The van der Waals surface area contributed by atoms with Crippen LogP contribution in [0.15, 0.2) is 42.5 Å². The molecular formula is C32H50O6. The summed E-state index contributed by atoms with van der Waals surface area (Å²) in [7, 11) is 1.80. The predicted molar refractivity (Wildman–Crippen MR) is 149 cm³/mol. The molecule has 0 unspecified atom stereocenters. The second-order valence-electron chi connectivity index (χ2n) is 12.1. The molecule has 0 aromatic heterocycles. The molecule has 9 atom stereocenters. The molecule has 0 radical (unpaired) electrons. The zero-order chi connectivity index (χ0) is 26.9. The molecule has 1 N–H and O–H groups in total. The summed E-state index contributed by atoms with van der Waals surface area (Å²) in [5.41, 5.74) is 1.17. The van der Waals surface area contributed by atoms with Gasteiger partial charge < -0.3 is 28.8 Å². The van der Waals surface area contributed by atoms with E-state index in [-0.39, 0.29) is 42.7 Å². The molecule has 3 aliphatic rings. The molecule has 214 valence electrons. The minimum Gasteiger partial charge on any atom is -0.381 e. The Morgan fingerprint density at radius 1 is 0.895 bits per heavy atom. The summed E-state index contributed by atoms with van der Waals surface area (Å²) in [6.45, 7) is 7.29. The minimum absolute atomic E-state index is 0.00559. The number of aliphatic hydroxyl groups is 1. The lowest BCUT2D eigenvalue weighted by atomic mass is 9.86. The van der Waals surface area contributed by atoms with E-state index in [9.17, 15) is 5.11 Å². The first-order valence-electron chi connectivity index (χ1n) is 14.9. The Morgan fingerprint density at radius 2 is 1.63 bits per heavy atom. The van der Waals surface area contributed by atoms with E-state index in [2.05, 4.69) is 45.1 Å². The lowest BCUT2D eigenvalue weighted by molar-refractivity contribution is -0.192. The number of hydrogen-bond acceptors (Lipinski definition) is 6. The fourth-order valence-electron chi connectivity index (χ4n) is 6.10. The van der Waals surface area contributed by atoms with Crippen LogP contribution in [0.2, 0.25) is 0 Å². The van der Waals surface area contributed by atoms with E-state index in [4.69, 9.17) is 23.7 Å². The molecule has 3 heterocycles. The van der Waals surface area contributed by atoms with Gasteiger partial charge in [-0.1, -0.05) is 63.3 Å². The molecule has 0 spiro atoms. The maximum absolute atomic E-state index is 11.0. The first kappa shape index (κ1) is 29.7. The van der Waals surface area contributed by atoms with Crippen molar-refractivity contribution in [2.75, 3.05) is 7.11 Å². The Balaban J connectivity index is 1.49. The quantitative estimate of drug-likeness (QED) is 0.424. The van der Waals surface area contributed by atoms with E-state index in [1.807, 2.05) is 18.2 Å². The summed E-state index contributed by atoms with van der Waals surface area (Å²) in [5.74, 6) is 1.07. The monoisotopic (exact) mass is 530 g/mol. The smallest absolute Gasteiger partial charge is 0.157 e. The first-order valence-corrected chi connectivity index (χ1v) is 14.9. The second kappa shape index (κ2) is 14.9. The van der Waals surface area contributed by atoms with E-state index in [1.54, 1.807) is 7.11 Å². The largest absolute Gasteiger partial charge is 0.381 e. The molecule has 4 rings (SSSR count). The average molecular weight is 531 g/mol. The van der Waals surface area contributed by atoms with Crippen molar-refractivity contribution in [2.45, 2.75) is 134 Å². The fraction of sp³-hybridized carbons (Fsp3) is 0.750. The van der Waals surface area contributed by atoms with Crippen LogP contribution in [-0.2, 0) is 30.3 Å². The molecule has 4 bridgehead atoms. The van der Waals surface area contributed by atoms with Gasteiger partial charge in [0.05, 0.1) is 49.3 Å². The average Bonchev–Trinajstić information content (AvgIpc) is 2.88. The third kappa shape index (κ3) is 9.42. The number of hydrogen-bond donors (Lipinski definition) is 1. The van der Waals surface area contributed by atoms with Gasteiger partial charge in [-0.3, -0.25) is 0 Å². The van der Waals surface area contributed by atoms with Gasteiger partial charge in [0.25, 0.3) is 0 Å². The summed E-state index contributed by atoms with van der Waals surface area (Å²) in [6.07, 6.45) is 11.1. The predicted octanol–water partition coefficient (Wildman–Crippen LogP) is 6.20. The topological polar surface area (TPSA) is 66.4 Å². The van der Waals surface area contributed by atoms with Crippen LogP contribution >= 0.6 is 0 Å². The van der Waals surface area contributed by atoms with E-state index in [0.717, 1.165) is 51.4 Å². The van der Waals surface area contributed by atoms with Crippen molar-refractivity contribution >= 4 is 0 Å². The summed E-state index contributed by atoms with van der Waals surface area (Å²) in [5, 5.41) is 11.0. The zero-order valence-corrected chi connectivity index (χ0v) is 23.9. The molecule has 0 saturated carbocycles. The number of allylic oxidation sites excluding steroid dienone is 1. The van der Waals surface area contributed by atoms with Crippen LogP contribution in [0.1, 0.15) is 84.1 Å². The van der Waals surface area contributed by atoms with Crippen LogP contribution in [0.25, 0.3) is 0 Å². The van der Waals surface area contributed by atoms with E-state index < -0.39 is 6.29 Å². The van der Waals surface area contributed by atoms with Gasteiger partial charge in [-0.25, -0.2) is 0 Å². The molecule has 3 fully saturated rings. The summed E-state index contributed by atoms with van der Waals surface area (Å²) >= 11 is 0. The fourth-order valence-corrected chi connectivity index (χ4v) is 6.10. The third-order valence-electron chi connectivity index (χ3n) is 8.32. The van der Waals surface area contributed by atoms with Crippen LogP contribution in [0.4, 0.5) is 0 Å². The Hall–Kier alpha value is -1.28. The minimum atomic E-state index is -0.901. The van der Waals surface area contributed by atoms with Gasteiger partial charge >= 0.3 is 0 Å². The number of ether oxygens (including phenoxy) is 5. The van der Waals surface area contributed by atoms with Crippen molar-refractivity contribution in [1.82, 2.24) is 0 Å². The van der Waals surface area contributed by atoms with Gasteiger partial charge in [0.2, 0.25) is 0 Å². The maximum Gasteiger partial charge on any atom is 0.157 e. The molecule has 1 aromatic carbocycles. The van der Waals surface area contributed by atoms with Crippen molar-refractivity contribution in [3.8, 4) is 0 Å². The summed E-state index contributed by atoms with van der Waals surface area (Å²) in [6, 6.07) is 10.3. The number of fused-ring (bicyclic) bond motifs is 4. The van der Waals surface area contributed by atoms with Gasteiger partial charge in [0.1, 0.15) is 0 Å². The first-order chi connectivity index (χ1) is 18.4. The molecule has 6 nitrogen and oxygen atoms in total. The number of aliphatic hydroxyl groups excluding tert-OH is 1. The molecule has 38 heavy (non-hydrogen) atoms. The molecule has 3 saturated heterocycles. The van der Waals surface area contributed by atoms with Crippen LogP contribution in [0.5, 0.6) is 0 Å². The number of benzene rings is 1. The van der Waals surface area contributed by atoms with Crippen LogP contribution in [0.3, 0.4) is 0 Å². The molecule has 3 aliphatic heterocycles. The van der Waals surface area contributed by atoms with Gasteiger partial charge in [-0.05, 0) is 49.5 Å². The van der Waals surface area contributed by atoms with Crippen molar-refractivity contribution in [1.29, 1.82) is 0 Å². The Bertz CT molecular complexity index is 828. The highest BCUT2D eigenvalue weighted by Gasteiger charge is 2.37. The molecule has 6 heteroatoms. The Kier molecular flexibility index (Phi) is 11.7. The highest BCUT2D eigenvalue weighted by atomic mass is 16.6. The van der Waals surface area contributed by atoms with Crippen molar-refractivity contribution < 1.29 is 28.8 Å². The zero-order valence-electron chi connectivity index (χ0n) is 23.9. The van der Waals surface area contributed by atoms with Gasteiger partial charge in [-0.15, -0.1) is 0 Å². The summed E-state index contributed by atoms with van der Waals surface area (Å²) in [4.78, 5) is 0. The standard InChI is InChI=1S/C32H50O6/c1-22(2)9-8-12-25-15-26-14-13-23(3)31(37-26)19-27(34-4)16-29-17-28(18-30(36-29)20-32(33)38-25)35-21-24-10-6-5-7-11-24/h5-8,10-12,22-23,25-33H,9,13-21H2,1-4H3/b12-8+/t23-,25+,26-,27+,28-,29+,30+,31+,32-/m0/s1. The van der Waals surface area contributed by atoms with E-state index >= 15 is 0 Å². The summed E-state index contributed by atoms with van der Waals surface area (Å²) < 4.78 is 31.8. The maximum atomic E-state index is 11.0. The third-order valence-corrected chi connectivity index (χ3v) is 8.32. The second-order valence-corrected chi connectivity index (χ2v) is 12.1. The van der Waals surface area contributed by atoms with Crippen LogP contribution in [-0.4, -0.2) is 61.2 Å². The SMILES string of the molecule is CO[C@@H]1C[C@@H]2C[C@H](OCc3ccccc3)C[C@H](C[C@@H](O)O[C@H](/C=C/CC(C)C)C[C@@H]3CC[C@H](C)[C@@H](C1)O3)O2. The molecule has 1 aromatic rings. The van der Waals surface area contributed by atoms with Crippen molar-refractivity contribution in [2.24, 2.45) is 11.8 Å². The van der Waals surface area contributed by atoms with E-state index in [1.165, 1.54) is 5.56 Å². The highest BCUT2D eigenvalue weighted by molar-refractivity contribution is 5.13. The van der Waals surface area contributed by atoms with Gasteiger partial charge in [0, 0.05) is 32.8 Å². The van der Waals surface area contributed by atoms with Crippen LogP contribution in [0, 0.1) is 11.8 Å². The molecule has 0 amide bonds. The normalized spacial score (nSPS) is 37.3. The Labute approximate surface area is 230 Å². The molecular weight excluding hydrogens is 480 g/mol.